The fraction of sp³-hybridized carbons (Fsp3) is 0.636. The predicted molar refractivity (Wildman–Crippen MR) is 52.2 cm³/mol. The van der Waals surface area contributed by atoms with E-state index in [0.717, 1.165) is 12.3 Å². The maximum Gasteiger partial charge on any atom is 0.195 e. The second-order valence-electron chi connectivity index (χ2n) is 3.98. The van der Waals surface area contributed by atoms with Crippen LogP contribution in [0.2, 0.25) is 0 Å². The smallest absolute Gasteiger partial charge is 0.195 e. The number of oxazole rings is 1. The third kappa shape index (κ3) is 2.22. The number of hydrogen-bond acceptors (Lipinski definition) is 3. The van der Waals surface area contributed by atoms with Crippen molar-refractivity contribution in [2.24, 2.45) is 5.92 Å². The topological polar surface area (TPSA) is 43.1 Å². The van der Waals surface area contributed by atoms with E-state index < -0.39 is 0 Å². The molecule has 0 radical (unpaired) electrons. The summed E-state index contributed by atoms with van der Waals surface area (Å²) in [6.07, 6.45) is 9.67. The molecule has 1 aliphatic carbocycles. The molecule has 1 saturated carbocycles. The van der Waals surface area contributed by atoms with Crippen LogP contribution in [0, 0.1) is 5.92 Å². The number of aldehydes is 1. The Kier molecular flexibility index (Phi) is 2.96. The zero-order chi connectivity index (χ0) is 9.80. The molecule has 0 amide bonds. The first-order chi connectivity index (χ1) is 6.88. The van der Waals surface area contributed by atoms with E-state index in [2.05, 4.69) is 4.98 Å². The summed E-state index contributed by atoms with van der Waals surface area (Å²) >= 11 is 0. The fourth-order valence-electron chi connectivity index (χ4n) is 2.11. The molecular weight excluding hydrogens is 178 g/mol. The molecule has 1 aliphatic rings. The van der Waals surface area contributed by atoms with Crippen LogP contribution >= 0.6 is 0 Å². The summed E-state index contributed by atoms with van der Waals surface area (Å²) in [6.45, 7) is 0. The molecule has 3 heteroatoms. The fourth-order valence-corrected chi connectivity index (χ4v) is 2.11. The van der Waals surface area contributed by atoms with Crippen LogP contribution in [0.5, 0.6) is 0 Å². The number of nitrogens with zero attached hydrogens (tertiary/aromatic N) is 1. The molecule has 0 atom stereocenters. The van der Waals surface area contributed by atoms with Crippen molar-refractivity contribution in [1.82, 2.24) is 4.98 Å². The highest BCUT2D eigenvalue weighted by Crippen LogP contribution is 2.26. The second kappa shape index (κ2) is 4.40. The molecule has 1 aromatic heterocycles. The Morgan fingerprint density at radius 3 is 2.86 bits per heavy atom. The monoisotopic (exact) mass is 193 g/mol. The first-order valence-corrected chi connectivity index (χ1v) is 5.28. The van der Waals surface area contributed by atoms with Crippen LogP contribution in [-0.4, -0.2) is 11.3 Å². The largest absolute Gasteiger partial charge is 0.438 e. The molecule has 3 nitrogen and oxygen atoms in total. The van der Waals surface area contributed by atoms with Gasteiger partial charge in [0.1, 0.15) is 0 Å². The molecule has 0 aliphatic heterocycles. The summed E-state index contributed by atoms with van der Waals surface area (Å²) in [6, 6.07) is 0. The summed E-state index contributed by atoms with van der Waals surface area (Å²) in [4.78, 5) is 14.5. The van der Waals surface area contributed by atoms with Gasteiger partial charge in [-0.3, -0.25) is 4.79 Å². The molecule has 1 heterocycles. The maximum absolute atomic E-state index is 10.4. The first kappa shape index (κ1) is 9.44. The van der Waals surface area contributed by atoms with Crippen LogP contribution in [0.15, 0.2) is 10.6 Å². The molecule has 76 valence electrons. The molecule has 2 rings (SSSR count). The van der Waals surface area contributed by atoms with Gasteiger partial charge in [-0.15, -0.1) is 0 Å². The lowest BCUT2D eigenvalue weighted by Crippen LogP contribution is -2.09. The van der Waals surface area contributed by atoms with Crippen molar-refractivity contribution in [2.75, 3.05) is 0 Å². The Balaban J connectivity index is 1.92. The van der Waals surface area contributed by atoms with Crippen LogP contribution in [0.4, 0.5) is 0 Å². The Labute approximate surface area is 83.5 Å². The van der Waals surface area contributed by atoms with Crippen LogP contribution < -0.4 is 0 Å². The highest BCUT2D eigenvalue weighted by Gasteiger charge is 2.16. The number of carbonyl (C=O) groups is 1. The van der Waals surface area contributed by atoms with Gasteiger partial charge in [0.25, 0.3) is 0 Å². The number of aromatic nitrogens is 1. The highest BCUT2D eigenvalue weighted by molar-refractivity contribution is 5.69. The van der Waals surface area contributed by atoms with Crippen molar-refractivity contribution in [3.05, 3.63) is 17.8 Å². The molecule has 0 N–H and O–H groups in total. The van der Waals surface area contributed by atoms with E-state index in [1.165, 1.54) is 38.3 Å². The van der Waals surface area contributed by atoms with Crippen molar-refractivity contribution in [3.8, 4) is 0 Å². The molecule has 0 bridgehead atoms. The predicted octanol–water partition coefficient (Wildman–Crippen LogP) is 2.61. The molecular formula is C11H15NO2. The van der Waals surface area contributed by atoms with Crippen LogP contribution in [0.3, 0.4) is 0 Å². The molecule has 1 fully saturated rings. The van der Waals surface area contributed by atoms with Crippen LogP contribution in [-0.2, 0) is 6.42 Å². The normalized spacial score (nSPS) is 18.3. The summed E-state index contributed by atoms with van der Waals surface area (Å²) in [5.74, 6) is 1.77. The molecule has 0 unspecified atom stereocenters. The minimum absolute atomic E-state index is 0.343. The summed E-state index contributed by atoms with van der Waals surface area (Å²) in [7, 11) is 0. The first-order valence-electron chi connectivity index (χ1n) is 5.28. The van der Waals surface area contributed by atoms with Gasteiger partial charge in [-0.05, 0) is 18.8 Å². The molecule has 0 aromatic carbocycles. The van der Waals surface area contributed by atoms with Gasteiger partial charge in [-0.2, -0.15) is 0 Å². The van der Waals surface area contributed by atoms with Gasteiger partial charge >= 0.3 is 0 Å². The summed E-state index contributed by atoms with van der Waals surface area (Å²) in [5, 5.41) is 0. The SMILES string of the molecule is O=Cc1cnc(CC2CCCCC2)o1. The Morgan fingerprint density at radius 2 is 2.21 bits per heavy atom. The van der Waals surface area contributed by atoms with Crippen molar-refractivity contribution in [1.29, 1.82) is 0 Å². The Morgan fingerprint density at radius 1 is 1.43 bits per heavy atom. The van der Waals surface area contributed by atoms with Crippen LogP contribution in [0.25, 0.3) is 0 Å². The lowest BCUT2D eigenvalue weighted by Gasteiger charge is -2.19. The minimum atomic E-state index is 0.343. The van der Waals surface area contributed by atoms with Crippen molar-refractivity contribution in [3.63, 3.8) is 0 Å². The quantitative estimate of drug-likeness (QED) is 0.693. The average Bonchev–Trinajstić information content (AvgIpc) is 2.67. The van der Waals surface area contributed by atoms with Crippen LogP contribution in [0.1, 0.15) is 48.5 Å². The second-order valence-corrected chi connectivity index (χ2v) is 3.98. The van der Waals surface area contributed by atoms with Gasteiger partial charge in [0.15, 0.2) is 17.9 Å². The van der Waals surface area contributed by atoms with E-state index in [1.807, 2.05) is 0 Å². The molecule has 0 spiro atoms. The zero-order valence-corrected chi connectivity index (χ0v) is 8.24. The van der Waals surface area contributed by atoms with Gasteiger partial charge in [-0.25, -0.2) is 4.98 Å². The molecule has 1 aromatic rings. The molecule has 0 saturated heterocycles. The van der Waals surface area contributed by atoms with E-state index in [0.29, 0.717) is 18.0 Å². The van der Waals surface area contributed by atoms with Crippen molar-refractivity contribution >= 4 is 6.29 Å². The number of hydrogen-bond donors (Lipinski definition) is 0. The average molecular weight is 193 g/mol. The van der Waals surface area contributed by atoms with Gasteiger partial charge in [0.2, 0.25) is 0 Å². The van der Waals surface area contributed by atoms with Gasteiger partial charge in [0.05, 0.1) is 6.20 Å². The van der Waals surface area contributed by atoms with Gasteiger partial charge in [-0.1, -0.05) is 19.3 Å². The van der Waals surface area contributed by atoms with E-state index in [-0.39, 0.29) is 0 Å². The van der Waals surface area contributed by atoms with E-state index in [1.54, 1.807) is 0 Å². The van der Waals surface area contributed by atoms with E-state index in [4.69, 9.17) is 4.42 Å². The van der Waals surface area contributed by atoms with E-state index in [9.17, 15) is 4.79 Å². The Hall–Kier alpha value is -1.12. The third-order valence-corrected chi connectivity index (χ3v) is 2.88. The molecule has 14 heavy (non-hydrogen) atoms. The minimum Gasteiger partial charge on any atom is -0.438 e. The standard InChI is InChI=1S/C11H15NO2/c13-8-10-7-12-11(14-10)6-9-4-2-1-3-5-9/h7-9H,1-6H2. The lowest BCUT2D eigenvalue weighted by molar-refractivity contribution is 0.109. The zero-order valence-electron chi connectivity index (χ0n) is 8.24. The summed E-state index contributed by atoms with van der Waals surface area (Å²) < 4.78 is 5.26. The summed E-state index contributed by atoms with van der Waals surface area (Å²) in [5.41, 5.74) is 0. The Bertz CT molecular complexity index is 300. The van der Waals surface area contributed by atoms with Crippen molar-refractivity contribution in [2.45, 2.75) is 38.5 Å². The maximum atomic E-state index is 10.4. The lowest BCUT2D eigenvalue weighted by atomic mass is 9.87. The van der Waals surface area contributed by atoms with Crippen molar-refractivity contribution < 1.29 is 9.21 Å². The number of rotatable bonds is 3. The van der Waals surface area contributed by atoms with Gasteiger partial charge < -0.3 is 4.42 Å². The number of carbonyl (C=O) groups excluding carboxylic acids is 1. The van der Waals surface area contributed by atoms with E-state index >= 15 is 0 Å². The van der Waals surface area contributed by atoms with Gasteiger partial charge in [0, 0.05) is 6.42 Å². The highest BCUT2D eigenvalue weighted by atomic mass is 16.4. The third-order valence-electron chi connectivity index (χ3n) is 2.88.